The normalized spacial score (nSPS) is 23.1. The molecule has 1 aromatic rings. The van der Waals surface area contributed by atoms with E-state index in [1.54, 1.807) is 6.07 Å². The van der Waals surface area contributed by atoms with E-state index in [-0.39, 0.29) is 5.82 Å². The maximum Gasteiger partial charge on any atom is 0.127 e. The molecule has 1 saturated carbocycles. The summed E-state index contributed by atoms with van der Waals surface area (Å²) in [6, 6.07) is 5.66. The molecule has 1 unspecified atom stereocenters. The number of hydrogen-bond acceptors (Lipinski definition) is 1. The monoisotopic (exact) mass is 327 g/mol. The Balaban J connectivity index is 1.90. The molecular weight excluding hydrogens is 305 g/mol. The zero-order valence-electron chi connectivity index (χ0n) is 11.8. The largest absolute Gasteiger partial charge is 0.310 e. The molecule has 19 heavy (non-hydrogen) atoms. The lowest BCUT2D eigenvalue weighted by atomic mass is 9.85. The highest BCUT2D eigenvalue weighted by atomic mass is 79.9. The molecule has 0 radical (unpaired) electrons. The Morgan fingerprint density at radius 1 is 1.32 bits per heavy atom. The number of nitrogens with one attached hydrogen (secondary N) is 1. The van der Waals surface area contributed by atoms with E-state index in [0.717, 1.165) is 10.0 Å². The Hall–Kier alpha value is -0.410. The van der Waals surface area contributed by atoms with E-state index >= 15 is 0 Å². The van der Waals surface area contributed by atoms with E-state index in [9.17, 15) is 4.39 Å². The summed E-state index contributed by atoms with van der Waals surface area (Å²) in [4.78, 5) is 0. The molecule has 1 nitrogen and oxygen atoms in total. The predicted molar refractivity (Wildman–Crippen MR) is 81.6 cm³/mol. The first-order valence-electron chi connectivity index (χ1n) is 7.14. The third-order valence-electron chi connectivity index (χ3n) is 4.16. The molecule has 0 aromatic heterocycles. The fraction of sp³-hybridized carbons (Fsp3) is 0.625. The number of hydrogen-bond donors (Lipinski definition) is 1. The van der Waals surface area contributed by atoms with E-state index in [4.69, 9.17) is 0 Å². The second kappa shape index (κ2) is 6.36. The van der Waals surface area contributed by atoms with Crippen molar-refractivity contribution in [3.8, 4) is 0 Å². The van der Waals surface area contributed by atoms with Crippen LogP contribution in [0.3, 0.4) is 0 Å². The lowest BCUT2D eigenvalue weighted by molar-refractivity contribution is 0.309. The Bertz CT molecular complexity index is 431. The maximum absolute atomic E-state index is 13.7. The number of benzene rings is 1. The van der Waals surface area contributed by atoms with Crippen LogP contribution in [0.5, 0.6) is 0 Å². The minimum atomic E-state index is -0.121. The average molecular weight is 328 g/mol. The van der Waals surface area contributed by atoms with Crippen LogP contribution < -0.4 is 5.32 Å². The van der Waals surface area contributed by atoms with E-state index in [1.807, 2.05) is 6.07 Å². The molecule has 1 aliphatic carbocycles. The van der Waals surface area contributed by atoms with Crippen molar-refractivity contribution >= 4 is 15.9 Å². The van der Waals surface area contributed by atoms with Crippen molar-refractivity contribution in [2.45, 2.75) is 58.5 Å². The highest BCUT2D eigenvalue weighted by molar-refractivity contribution is 9.10. The van der Waals surface area contributed by atoms with Gasteiger partial charge in [0.15, 0.2) is 0 Å². The summed E-state index contributed by atoms with van der Waals surface area (Å²) < 4.78 is 14.6. The van der Waals surface area contributed by atoms with E-state index in [2.05, 4.69) is 35.1 Å². The highest BCUT2D eigenvalue weighted by Crippen LogP contribution is 2.33. The molecule has 0 amide bonds. The molecule has 3 heteroatoms. The van der Waals surface area contributed by atoms with Gasteiger partial charge in [0.25, 0.3) is 0 Å². The molecule has 0 aliphatic heterocycles. The second-order valence-corrected chi connectivity index (χ2v) is 7.32. The third-order valence-corrected chi connectivity index (χ3v) is 4.66. The Labute approximate surface area is 124 Å². The minimum absolute atomic E-state index is 0.121. The first kappa shape index (κ1) is 15.0. The second-order valence-electron chi connectivity index (χ2n) is 6.41. The highest BCUT2D eigenvalue weighted by Gasteiger charge is 2.24. The first-order valence-corrected chi connectivity index (χ1v) is 7.93. The summed E-state index contributed by atoms with van der Waals surface area (Å²) in [7, 11) is 0. The standard InChI is InChI=1S/C16H23BrFN/c1-16(2)8-3-4-14(7-9-16)19-11-12-10-13(17)5-6-15(12)18/h5-6,10,14,19H,3-4,7-9,11H2,1-2H3. The molecule has 106 valence electrons. The van der Waals surface area contributed by atoms with Crippen LogP contribution in [0.4, 0.5) is 4.39 Å². The maximum atomic E-state index is 13.7. The summed E-state index contributed by atoms with van der Waals surface area (Å²) in [5.74, 6) is -0.121. The van der Waals surface area contributed by atoms with Gasteiger partial charge in [-0.25, -0.2) is 4.39 Å². The van der Waals surface area contributed by atoms with Crippen molar-refractivity contribution in [1.29, 1.82) is 0 Å². The van der Waals surface area contributed by atoms with E-state index in [1.165, 1.54) is 38.2 Å². The van der Waals surface area contributed by atoms with Gasteiger partial charge in [-0.15, -0.1) is 0 Å². The summed E-state index contributed by atoms with van der Waals surface area (Å²) in [5, 5.41) is 3.52. The summed E-state index contributed by atoms with van der Waals surface area (Å²) in [6.45, 7) is 5.32. The van der Waals surface area contributed by atoms with Crippen LogP contribution in [-0.2, 0) is 6.54 Å². The van der Waals surface area contributed by atoms with E-state index in [0.29, 0.717) is 18.0 Å². The third kappa shape index (κ3) is 4.57. The molecule has 0 spiro atoms. The van der Waals surface area contributed by atoms with Crippen molar-refractivity contribution in [2.75, 3.05) is 0 Å². The van der Waals surface area contributed by atoms with Crippen molar-refractivity contribution in [2.24, 2.45) is 5.41 Å². The van der Waals surface area contributed by atoms with Gasteiger partial charge >= 0.3 is 0 Å². The molecule has 2 rings (SSSR count). The molecule has 1 fully saturated rings. The van der Waals surface area contributed by atoms with E-state index < -0.39 is 0 Å². The van der Waals surface area contributed by atoms with Crippen LogP contribution >= 0.6 is 15.9 Å². The predicted octanol–water partition coefficient (Wildman–Crippen LogP) is 5.04. The molecule has 0 bridgehead atoms. The van der Waals surface area contributed by atoms with Gasteiger partial charge in [0.05, 0.1) is 0 Å². The van der Waals surface area contributed by atoms with Crippen molar-refractivity contribution < 1.29 is 4.39 Å². The van der Waals surface area contributed by atoms with Crippen LogP contribution in [0.25, 0.3) is 0 Å². The van der Waals surface area contributed by atoms with Gasteiger partial charge in [0, 0.05) is 22.6 Å². The fourth-order valence-electron chi connectivity index (χ4n) is 2.80. The topological polar surface area (TPSA) is 12.0 Å². The van der Waals surface area contributed by atoms with Crippen LogP contribution in [0, 0.1) is 11.2 Å². The average Bonchev–Trinajstić information content (AvgIpc) is 2.52. The van der Waals surface area contributed by atoms with Crippen LogP contribution in [0.1, 0.15) is 51.5 Å². The zero-order chi connectivity index (χ0) is 13.9. The van der Waals surface area contributed by atoms with Crippen molar-refractivity contribution in [3.63, 3.8) is 0 Å². The van der Waals surface area contributed by atoms with Crippen LogP contribution in [-0.4, -0.2) is 6.04 Å². The lowest BCUT2D eigenvalue weighted by Crippen LogP contribution is -2.28. The van der Waals surface area contributed by atoms with Crippen LogP contribution in [0.2, 0.25) is 0 Å². The van der Waals surface area contributed by atoms with Gasteiger partial charge in [-0.1, -0.05) is 36.2 Å². The molecule has 1 aliphatic rings. The van der Waals surface area contributed by atoms with Gasteiger partial charge in [0.2, 0.25) is 0 Å². The molecule has 1 N–H and O–H groups in total. The Kier molecular flexibility index (Phi) is 5.02. The lowest BCUT2D eigenvalue weighted by Gasteiger charge is -2.22. The van der Waals surface area contributed by atoms with Gasteiger partial charge in [0.1, 0.15) is 5.82 Å². The first-order chi connectivity index (χ1) is 8.96. The SMILES string of the molecule is CC1(C)CCCC(NCc2cc(Br)ccc2F)CC1. The summed E-state index contributed by atoms with van der Waals surface area (Å²) in [5.41, 5.74) is 1.22. The molecule has 1 atom stereocenters. The quantitative estimate of drug-likeness (QED) is 0.767. The van der Waals surface area contributed by atoms with Crippen molar-refractivity contribution in [3.05, 3.63) is 34.1 Å². The molecule has 0 heterocycles. The smallest absolute Gasteiger partial charge is 0.127 e. The zero-order valence-corrected chi connectivity index (χ0v) is 13.4. The molecule has 0 saturated heterocycles. The van der Waals surface area contributed by atoms with Gasteiger partial charge in [-0.3, -0.25) is 0 Å². The van der Waals surface area contributed by atoms with Gasteiger partial charge in [-0.2, -0.15) is 0 Å². The summed E-state index contributed by atoms with van der Waals surface area (Å²) in [6.07, 6.45) is 6.23. The minimum Gasteiger partial charge on any atom is -0.310 e. The summed E-state index contributed by atoms with van der Waals surface area (Å²) >= 11 is 3.40. The van der Waals surface area contributed by atoms with Crippen LogP contribution in [0.15, 0.2) is 22.7 Å². The molecule has 1 aromatic carbocycles. The van der Waals surface area contributed by atoms with Gasteiger partial charge in [-0.05, 0) is 49.3 Å². The molecular formula is C16H23BrFN. The fourth-order valence-corrected chi connectivity index (χ4v) is 3.21. The number of rotatable bonds is 3. The number of halogens is 2. The Morgan fingerprint density at radius 2 is 2.11 bits per heavy atom. The van der Waals surface area contributed by atoms with Crippen molar-refractivity contribution in [1.82, 2.24) is 5.32 Å². The Morgan fingerprint density at radius 3 is 2.89 bits per heavy atom. The van der Waals surface area contributed by atoms with Gasteiger partial charge < -0.3 is 5.32 Å².